The molecule has 1 aliphatic heterocycles. The van der Waals surface area contributed by atoms with Gasteiger partial charge < -0.3 is 33.2 Å². The number of ether oxygens (including phenoxy) is 7. The summed E-state index contributed by atoms with van der Waals surface area (Å²) in [4.78, 5) is 23.1. The molecule has 1 aliphatic rings. The zero-order valence-electron chi connectivity index (χ0n) is 25.2. The molecule has 0 bridgehead atoms. The summed E-state index contributed by atoms with van der Waals surface area (Å²) >= 11 is 0. The largest absolute Gasteiger partial charge is 0.513 e. The summed E-state index contributed by atoms with van der Waals surface area (Å²) in [5.74, 6) is 0.0882. The van der Waals surface area contributed by atoms with E-state index in [-0.39, 0.29) is 37.9 Å². The van der Waals surface area contributed by atoms with Crippen LogP contribution in [0, 0.1) is 10.1 Å². The highest BCUT2D eigenvalue weighted by molar-refractivity contribution is 5.64. The minimum absolute atomic E-state index is 0.0882. The second-order valence-electron chi connectivity index (χ2n) is 10.5. The molecule has 1 fully saturated rings. The molecule has 11 heteroatoms. The topological polar surface area (TPSA) is 125 Å². The number of nitro benzene ring substituents is 1. The third-order valence-electron chi connectivity index (χ3n) is 7.29. The molecule has 46 heavy (non-hydrogen) atoms. The Labute approximate surface area is 266 Å². The standard InChI is InChI=1S/C35H35NO10/c1-40-34-33(43-23-27-15-9-4-10-16-27)32(42-22-26-13-7-3-8-14-26)31(41-21-25-11-5-2-6-12-25)30(46-34)24-44-35(37)45-29-19-17-28(18-20-29)36(38)39/h2-20,30-34H,21-24H2,1H3/t30-,31-,32+,33-,34+/m1/s1. The van der Waals surface area contributed by atoms with Crippen molar-refractivity contribution in [3.8, 4) is 5.75 Å². The number of hydrogen-bond acceptors (Lipinski definition) is 10. The molecule has 0 aliphatic carbocycles. The van der Waals surface area contributed by atoms with E-state index in [0.717, 1.165) is 16.7 Å². The van der Waals surface area contributed by atoms with Gasteiger partial charge in [-0.1, -0.05) is 91.0 Å². The number of benzene rings is 4. The van der Waals surface area contributed by atoms with Gasteiger partial charge in [-0.2, -0.15) is 0 Å². The fourth-order valence-electron chi connectivity index (χ4n) is 4.98. The van der Waals surface area contributed by atoms with E-state index in [0.29, 0.717) is 0 Å². The molecule has 4 aromatic carbocycles. The molecule has 240 valence electrons. The molecular formula is C35H35NO10. The Morgan fingerprint density at radius 1 is 0.696 bits per heavy atom. The molecule has 4 aromatic rings. The molecule has 0 amide bonds. The highest BCUT2D eigenvalue weighted by atomic mass is 16.7. The molecule has 0 radical (unpaired) electrons. The third kappa shape index (κ3) is 9.19. The van der Waals surface area contributed by atoms with Gasteiger partial charge in [0.2, 0.25) is 0 Å². The number of hydrogen-bond donors (Lipinski definition) is 0. The Kier molecular flexibility index (Phi) is 11.8. The van der Waals surface area contributed by atoms with Gasteiger partial charge in [0.15, 0.2) is 6.29 Å². The average Bonchev–Trinajstić information content (AvgIpc) is 3.09. The van der Waals surface area contributed by atoms with Crippen LogP contribution < -0.4 is 4.74 Å². The Bertz CT molecular complexity index is 1510. The van der Waals surface area contributed by atoms with E-state index >= 15 is 0 Å². The normalized spacial score (nSPS) is 20.9. The summed E-state index contributed by atoms with van der Waals surface area (Å²) in [7, 11) is 1.50. The highest BCUT2D eigenvalue weighted by Gasteiger charge is 2.49. The fourth-order valence-corrected chi connectivity index (χ4v) is 4.98. The summed E-state index contributed by atoms with van der Waals surface area (Å²) in [6.45, 7) is 0.497. The Morgan fingerprint density at radius 2 is 1.17 bits per heavy atom. The van der Waals surface area contributed by atoms with Crippen molar-refractivity contribution in [2.45, 2.75) is 50.5 Å². The molecule has 5 atom stereocenters. The van der Waals surface area contributed by atoms with Crippen LogP contribution in [0.25, 0.3) is 0 Å². The first-order valence-corrected chi connectivity index (χ1v) is 14.7. The number of nitrogens with zero attached hydrogens (tertiary/aromatic N) is 1. The van der Waals surface area contributed by atoms with Crippen molar-refractivity contribution in [3.05, 3.63) is 142 Å². The lowest BCUT2D eigenvalue weighted by Crippen LogP contribution is -2.61. The number of nitro groups is 1. The van der Waals surface area contributed by atoms with Crippen molar-refractivity contribution in [1.82, 2.24) is 0 Å². The van der Waals surface area contributed by atoms with Crippen molar-refractivity contribution in [2.24, 2.45) is 0 Å². The number of carbonyl (C=O) groups is 1. The highest BCUT2D eigenvalue weighted by Crippen LogP contribution is 2.31. The predicted octanol–water partition coefficient (Wildman–Crippen LogP) is 6.24. The van der Waals surface area contributed by atoms with E-state index in [1.807, 2.05) is 91.0 Å². The molecule has 1 saturated heterocycles. The minimum Gasteiger partial charge on any atom is -0.431 e. The predicted molar refractivity (Wildman–Crippen MR) is 166 cm³/mol. The van der Waals surface area contributed by atoms with Crippen molar-refractivity contribution < 1.29 is 42.9 Å². The van der Waals surface area contributed by atoms with Crippen LogP contribution in [0.3, 0.4) is 0 Å². The molecule has 0 unspecified atom stereocenters. The van der Waals surface area contributed by atoms with Gasteiger partial charge in [0.05, 0.1) is 24.7 Å². The van der Waals surface area contributed by atoms with Gasteiger partial charge in [0, 0.05) is 19.2 Å². The minimum atomic E-state index is -1.02. The second kappa shape index (κ2) is 16.6. The van der Waals surface area contributed by atoms with Crippen LogP contribution in [0.2, 0.25) is 0 Å². The van der Waals surface area contributed by atoms with Gasteiger partial charge >= 0.3 is 6.16 Å². The number of rotatable bonds is 14. The van der Waals surface area contributed by atoms with Crippen molar-refractivity contribution >= 4 is 11.8 Å². The van der Waals surface area contributed by atoms with E-state index < -0.39 is 41.8 Å². The Balaban J connectivity index is 1.36. The summed E-state index contributed by atoms with van der Waals surface area (Å²) < 4.78 is 42.1. The van der Waals surface area contributed by atoms with Crippen LogP contribution >= 0.6 is 0 Å². The molecule has 11 nitrogen and oxygen atoms in total. The van der Waals surface area contributed by atoms with Gasteiger partial charge in [-0.3, -0.25) is 10.1 Å². The SMILES string of the molecule is CO[C@H]1O[C@H](COC(=O)Oc2ccc([N+](=O)[O-])cc2)[C@@H](OCc2ccccc2)[C@H](OCc2ccccc2)[C@H]1OCc1ccccc1. The van der Waals surface area contributed by atoms with Crippen LogP contribution in [0.5, 0.6) is 5.75 Å². The van der Waals surface area contributed by atoms with Crippen LogP contribution in [-0.4, -0.2) is 55.5 Å². The van der Waals surface area contributed by atoms with Crippen molar-refractivity contribution in [1.29, 1.82) is 0 Å². The number of non-ortho nitro benzene ring substituents is 1. The molecule has 0 saturated carbocycles. The van der Waals surface area contributed by atoms with Gasteiger partial charge in [-0.05, 0) is 28.8 Å². The van der Waals surface area contributed by atoms with E-state index in [2.05, 4.69) is 0 Å². The quantitative estimate of drug-likeness (QED) is 0.0685. The van der Waals surface area contributed by atoms with E-state index in [1.54, 1.807) is 0 Å². The average molecular weight is 630 g/mol. The smallest absolute Gasteiger partial charge is 0.431 e. The Morgan fingerprint density at radius 3 is 1.65 bits per heavy atom. The third-order valence-corrected chi connectivity index (χ3v) is 7.29. The first kappa shape index (κ1) is 32.7. The molecule has 0 N–H and O–H groups in total. The summed E-state index contributed by atoms with van der Waals surface area (Å²) in [5.41, 5.74) is 2.70. The zero-order valence-corrected chi connectivity index (χ0v) is 25.2. The lowest BCUT2D eigenvalue weighted by Gasteiger charge is -2.45. The summed E-state index contributed by atoms with van der Waals surface area (Å²) in [6.07, 6.45) is -4.92. The van der Waals surface area contributed by atoms with Crippen LogP contribution in [-0.2, 0) is 48.2 Å². The lowest BCUT2D eigenvalue weighted by molar-refractivity contribution is -0.384. The Hall–Kier alpha value is -4.65. The van der Waals surface area contributed by atoms with Gasteiger partial charge in [-0.25, -0.2) is 4.79 Å². The van der Waals surface area contributed by atoms with Crippen molar-refractivity contribution in [3.63, 3.8) is 0 Å². The van der Waals surface area contributed by atoms with E-state index in [1.165, 1.54) is 31.4 Å². The first-order chi connectivity index (χ1) is 22.5. The first-order valence-electron chi connectivity index (χ1n) is 14.7. The molecule has 5 rings (SSSR count). The van der Waals surface area contributed by atoms with E-state index in [9.17, 15) is 14.9 Å². The molecular weight excluding hydrogens is 594 g/mol. The summed E-state index contributed by atoms with van der Waals surface area (Å²) in [6, 6.07) is 34.2. The van der Waals surface area contributed by atoms with Gasteiger partial charge in [-0.15, -0.1) is 0 Å². The second-order valence-corrected chi connectivity index (χ2v) is 10.5. The zero-order chi connectivity index (χ0) is 32.1. The van der Waals surface area contributed by atoms with E-state index in [4.69, 9.17) is 33.2 Å². The maximum atomic E-state index is 12.7. The summed E-state index contributed by atoms with van der Waals surface area (Å²) in [5, 5.41) is 10.9. The molecule has 0 aromatic heterocycles. The maximum Gasteiger partial charge on any atom is 0.513 e. The number of methoxy groups -OCH3 is 1. The van der Waals surface area contributed by atoms with Crippen LogP contribution in [0.1, 0.15) is 16.7 Å². The fraction of sp³-hybridized carbons (Fsp3) is 0.286. The monoisotopic (exact) mass is 629 g/mol. The number of carbonyl (C=O) groups excluding carboxylic acids is 1. The van der Waals surface area contributed by atoms with Gasteiger partial charge in [0.1, 0.15) is 36.8 Å². The van der Waals surface area contributed by atoms with Crippen LogP contribution in [0.15, 0.2) is 115 Å². The maximum absolute atomic E-state index is 12.7. The van der Waals surface area contributed by atoms with Crippen molar-refractivity contribution in [2.75, 3.05) is 13.7 Å². The van der Waals surface area contributed by atoms with Crippen LogP contribution in [0.4, 0.5) is 10.5 Å². The lowest BCUT2D eigenvalue weighted by atomic mass is 9.98. The van der Waals surface area contributed by atoms with Gasteiger partial charge in [0.25, 0.3) is 5.69 Å². The molecule has 1 heterocycles. The molecule has 0 spiro atoms.